The van der Waals surface area contributed by atoms with Crippen molar-refractivity contribution in [2.75, 3.05) is 0 Å². The van der Waals surface area contributed by atoms with Crippen LogP contribution in [0, 0.1) is 11.8 Å². The number of carboxylic acids is 1. The fraction of sp³-hybridized carbons (Fsp3) is 0.818. The van der Waals surface area contributed by atoms with Crippen LogP contribution in [-0.4, -0.2) is 33.2 Å². The summed E-state index contributed by atoms with van der Waals surface area (Å²) in [5, 5.41) is 21.2. The lowest BCUT2D eigenvalue weighted by Crippen LogP contribution is -2.58. The highest BCUT2D eigenvalue weighted by molar-refractivity contribution is 5.89. The number of carbonyl (C=O) groups excluding carboxylic acids is 1. The zero-order chi connectivity index (χ0) is 12.7. The summed E-state index contributed by atoms with van der Waals surface area (Å²) in [6.45, 7) is 6.63. The maximum Gasteiger partial charge on any atom is 0.307 e. The van der Waals surface area contributed by atoms with Crippen molar-refractivity contribution in [3.05, 3.63) is 0 Å². The second kappa shape index (κ2) is 3.73. The Hall–Kier alpha value is -1.10. The largest absolute Gasteiger partial charge is 0.481 e. The van der Waals surface area contributed by atoms with Crippen molar-refractivity contribution in [3.8, 4) is 0 Å². The van der Waals surface area contributed by atoms with Crippen molar-refractivity contribution in [3.63, 3.8) is 0 Å². The van der Waals surface area contributed by atoms with Crippen molar-refractivity contribution in [2.45, 2.75) is 45.3 Å². The van der Waals surface area contributed by atoms with Gasteiger partial charge in [-0.1, -0.05) is 0 Å². The van der Waals surface area contributed by atoms with Crippen LogP contribution in [0.3, 0.4) is 0 Å². The number of rotatable bonds is 4. The lowest BCUT2D eigenvalue weighted by Gasteiger charge is -2.38. The van der Waals surface area contributed by atoms with Crippen LogP contribution in [0.1, 0.15) is 34.1 Å². The van der Waals surface area contributed by atoms with Crippen molar-refractivity contribution < 1.29 is 19.8 Å². The highest BCUT2D eigenvalue weighted by Crippen LogP contribution is 2.39. The Labute approximate surface area is 94.8 Å². The Balaban J connectivity index is 2.57. The molecule has 0 radical (unpaired) electrons. The summed E-state index contributed by atoms with van der Waals surface area (Å²) >= 11 is 0. The van der Waals surface area contributed by atoms with Gasteiger partial charge in [-0.3, -0.25) is 9.59 Å². The van der Waals surface area contributed by atoms with Gasteiger partial charge in [0.05, 0.1) is 23.0 Å². The first-order valence-corrected chi connectivity index (χ1v) is 5.33. The third kappa shape index (κ3) is 2.52. The van der Waals surface area contributed by atoms with Crippen molar-refractivity contribution in [1.82, 2.24) is 5.32 Å². The van der Waals surface area contributed by atoms with E-state index in [1.807, 2.05) is 0 Å². The zero-order valence-corrected chi connectivity index (χ0v) is 10.1. The summed E-state index contributed by atoms with van der Waals surface area (Å²) in [5.41, 5.74) is -1.84. The average molecular weight is 229 g/mol. The smallest absolute Gasteiger partial charge is 0.307 e. The van der Waals surface area contributed by atoms with Gasteiger partial charge in [0.15, 0.2) is 0 Å². The Bertz CT molecular complexity index is 316. The molecule has 2 unspecified atom stereocenters. The van der Waals surface area contributed by atoms with Gasteiger partial charge in [0.25, 0.3) is 0 Å². The normalized spacial score (nSPS) is 25.1. The van der Waals surface area contributed by atoms with E-state index in [2.05, 4.69) is 5.32 Å². The van der Waals surface area contributed by atoms with Gasteiger partial charge < -0.3 is 15.5 Å². The fourth-order valence-electron chi connectivity index (χ4n) is 1.31. The highest BCUT2D eigenvalue weighted by atomic mass is 16.4. The number of aliphatic hydroxyl groups is 1. The second-order valence-electron chi connectivity index (χ2n) is 5.46. The summed E-state index contributed by atoms with van der Waals surface area (Å²) in [4.78, 5) is 22.3. The van der Waals surface area contributed by atoms with Crippen LogP contribution in [-0.2, 0) is 9.59 Å². The summed E-state index contributed by atoms with van der Waals surface area (Å²) in [6, 6.07) is 0. The van der Waals surface area contributed by atoms with Gasteiger partial charge in [0.1, 0.15) is 0 Å². The molecule has 1 saturated carbocycles. The molecule has 0 aromatic heterocycles. The van der Waals surface area contributed by atoms with Crippen LogP contribution >= 0.6 is 0 Å². The molecule has 1 fully saturated rings. The minimum Gasteiger partial charge on any atom is -0.481 e. The van der Waals surface area contributed by atoms with Crippen LogP contribution in [0.2, 0.25) is 0 Å². The first-order chi connectivity index (χ1) is 7.06. The Morgan fingerprint density at radius 3 is 2.00 bits per heavy atom. The molecule has 0 spiro atoms. The molecule has 16 heavy (non-hydrogen) atoms. The third-order valence-electron chi connectivity index (χ3n) is 3.41. The van der Waals surface area contributed by atoms with Crippen molar-refractivity contribution >= 4 is 11.9 Å². The molecule has 1 amide bonds. The predicted molar refractivity (Wildman–Crippen MR) is 57.8 cm³/mol. The molecule has 5 heteroatoms. The molecule has 5 nitrogen and oxygen atoms in total. The molecule has 92 valence electrons. The lowest BCUT2D eigenvalue weighted by molar-refractivity contribution is -0.140. The molecule has 2 atom stereocenters. The van der Waals surface area contributed by atoms with E-state index < -0.39 is 28.9 Å². The van der Waals surface area contributed by atoms with E-state index >= 15 is 0 Å². The molecule has 0 heterocycles. The third-order valence-corrected chi connectivity index (χ3v) is 3.41. The minimum atomic E-state index is -1.06. The van der Waals surface area contributed by atoms with Crippen LogP contribution < -0.4 is 5.32 Å². The van der Waals surface area contributed by atoms with Gasteiger partial charge in [-0.05, 0) is 34.1 Å². The van der Waals surface area contributed by atoms with E-state index in [0.717, 1.165) is 0 Å². The van der Waals surface area contributed by atoms with Gasteiger partial charge in [-0.2, -0.15) is 0 Å². The van der Waals surface area contributed by atoms with Gasteiger partial charge in [-0.15, -0.1) is 0 Å². The number of aliphatic carboxylic acids is 1. The SMILES string of the molecule is CC(C)(O)C(C)(C)NC(=O)C1CC1C(=O)O. The predicted octanol–water partition coefficient (Wildman–Crippen LogP) is 0.373. The number of carboxylic acid groups (broad SMARTS) is 1. The van der Waals surface area contributed by atoms with Crippen LogP contribution in [0.15, 0.2) is 0 Å². The van der Waals surface area contributed by atoms with E-state index in [9.17, 15) is 14.7 Å². The fourth-order valence-corrected chi connectivity index (χ4v) is 1.31. The molecule has 0 saturated heterocycles. The molecule has 1 aliphatic carbocycles. The van der Waals surface area contributed by atoms with Gasteiger partial charge in [0, 0.05) is 0 Å². The Morgan fingerprint density at radius 2 is 1.69 bits per heavy atom. The number of hydrogen-bond acceptors (Lipinski definition) is 3. The van der Waals surface area contributed by atoms with Crippen LogP contribution in [0.5, 0.6) is 0 Å². The molecule has 0 aromatic carbocycles. The monoisotopic (exact) mass is 229 g/mol. The number of hydrogen-bond donors (Lipinski definition) is 3. The average Bonchev–Trinajstić information content (AvgIpc) is 2.78. The van der Waals surface area contributed by atoms with Gasteiger partial charge in [0.2, 0.25) is 5.91 Å². The molecular weight excluding hydrogens is 210 g/mol. The van der Waals surface area contributed by atoms with Crippen molar-refractivity contribution in [1.29, 1.82) is 0 Å². The van der Waals surface area contributed by atoms with Crippen LogP contribution in [0.25, 0.3) is 0 Å². The second-order valence-corrected chi connectivity index (χ2v) is 5.46. The minimum absolute atomic E-state index is 0.292. The summed E-state index contributed by atoms with van der Waals surface area (Å²) in [5.74, 6) is -2.22. The van der Waals surface area contributed by atoms with E-state index in [1.165, 1.54) is 0 Å². The standard InChI is InChI=1S/C11H19NO4/c1-10(2,11(3,4)16)12-8(13)6-5-7(6)9(14)15/h6-7,16H,5H2,1-4H3,(H,12,13)(H,14,15). The quantitative estimate of drug-likeness (QED) is 0.650. The maximum absolute atomic E-state index is 11.7. The van der Waals surface area contributed by atoms with Gasteiger partial charge in [-0.25, -0.2) is 0 Å². The first kappa shape index (κ1) is 13.0. The zero-order valence-electron chi connectivity index (χ0n) is 10.1. The number of amides is 1. The first-order valence-electron chi connectivity index (χ1n) is 5.33. The molecule has 0 aliphatic heterocycles. The molecule has 3 N–H and O–H groups in total. The molecule has 0 bridgehead atoms. The Morgan fingerprint density at radius 1 is 1.19 bits per heavy atom. The lowest BCUT2D eigenvalue weighted by atomic mass is 9.86. The van der Waals surface area contributed by atoms with Crippen molar-refractivity contribution in [2.24, 2.45) is 11.8 Å². The van der Waals surface area contributed by atoms with Crippen LogP contribution in [0.4, 0.5) is 0 Å². The van der Waals surface area contributed by atoms with E-state index in [1.54, 1.807) is 27.7 Å². The highest BCUT2D eigenvalue weighted by Gasteiger charge is 2.50. The summed E-state index contributed by atoms with van der Waals surface area (Å²) in [6.07, 6.45) is 0.392. The van der Waals surface area contributed by atoms with E-state index in [0.29, 0.717) is 6.42 Å². The summed E-state index contributed by atoms with van der Waals surface area (Å²) in [7, 11) is 0. The molecule has 1 aliphatic rings. The molecule has 0 aromatic rings. The van der Waals surface area contributed by atoms with Gasteiger partial charge >= 0.3 is 5.97 Å². The summed E-state index contributed by atoms with van der Waals surface area (Å²) < 4.78 is 0. The Kier molecular flexibility index (Phi) is 3.02. The van der Waals surface area contributed by atoms with E-state index in [-0.39, 0.29) is 5.91 Å². The number of carbonyl (C=O) groups is 2. The topological polar surface area (TPSA) is 86.6 Å². The van der Waals surface area contributed by atoms with E-state index in [4.69, 9.17) is 5.11 Å². The molecular formula is C11H19NO4. The number of nitrogens with one attached hydrogen (secondary N) is 1. The molecule has 1 rings (SSSR count). The maximum atomic E-state index is 11.7.